The summed E-state index contributed by atoms with van der Waals surface area (Å²) in [4.78, 5) is 30.9. The van der Waals surface area contributed by atoms with E-state index in [9.17, 15) is 9.59 Å². The fourth-order valence-corrected chi connectivity index (χ4v) is 3.44. The molecule has 134 valence electrons. The van der Waals surface area contributed by atoms with E-state index in [-0.39, 0.29) is 11.5 Å². The van der Waals surface area contributed by atoms with Gasteiger partial charge in [0.25, 0.3) is 5.91 Å². The fourth-order valence-electron chi connectivity index (χ4n) is 3.44. The van der Waals surface area contributed by atoms with Crippen LogP contribution in [-0.4, -0.2) is 30.5 Å². The predicted molar refractivity (Wildman–Crippen MR) is 103 cm³/mol. The molecule has 1 amide bonds. The summed E-state index contributed by atoms with van der Waals surface area (Å²) >= 11 is 0. The first-order valence-electron chi connectivity index (χ1n) is 8.71. The number of rotatable bonds is 3. The fraction of sp³-hybridized carbons (Fsp3) is 0.136. The third-order valence-electron chi connectivity index (χ3n) is 4.80. The van der Waals surface area contributed by atoms with Crippen LogP contribution in [0, 0.1) is 0 Å². The number of anilines is 1. The minimum absolute atomic E-state index is 0.189. The lowest BCUT2D eigenvalue weighted by Crippen LogP contribution is -2.30. The molecule has 0 atom stereocenters. The molecule has 4 rings (SSSR count). The number of pyridine rings is 1. The highest BCUT2D eigenvalue weighted by molar-refractivity contribution is 6.13. The molecule has 27 heavy (non-hydrogen) atoms. The number of fused-ring (bicyclic) bond motifs is 1. The normalized spacial score (nSPS) is 12.6. The molecule has 1 aliphatic heterocycles. The molecular formula is C22H18N2O3. The van der Waals surface area contributed by atoms with Gasteiger partial charge in [0.05, 0.1) is 18.2 Å². The summed E-state index contributed by atoms with van der Waals surface area (Å²) < 4.78 is 4.81. The van der Waals surface area contributed by atoms with Gasteiger partial charge < -0.3 is 9.64 Å². The van der Waals surface area contributed by atoms with Crippen molar-refractivity contribution in [2.24, 2.45) is 0 Å². The molecule has 2 heterocycles. The van der Waals surface area contributed by atoms with Crippen molar-refractivity contribution >= 4 is 17.6 Å². The summed E-state index contributed by atoms with van der Waals surface area (Å²) in [7, 11) is 1.31. The summed E-state index contributed by atoms with van der Waals surface area (Å²) in [6.07, 6.45) is 4.31. The molecule has 0 fully saturated rings. The van der Waals surface area contributed by atoms with Crippen LogP contribution < -0.4 is 4.90 Å². The second-order valence-corrected chi connectivity index (χ2v) is 6.32. The summed E-state index contributed by atoms with van der Waals surface area (Å²) in [6, 6.07) is 16.8. The smallest absolute Gasteiger partial charge is 0.338 e. The third-order valence-corrected chi connectivity index (χ3v) is 4.80. The Morgan fingerprint density at radius 1 is 0.963 bits per heavy atom. The van der Waals surface area contributed by atoms with E-state index >= 15 is 0 Å². The first-order chi connectivity index (χ1) is 13.2. The number of carbonyl (C=O) groups excluding carboxylic acids is 2. The molecule has 0 spiro atoms. The lowest BCUT2D eigenvalue weighted by atomic mass is 10.0. The summed E-state index contributed by atoms with van der Waals surface area (Å²) in [5.41, 5.74) is 4.84. The molecule has 5 heteroatoms. The van der Waals surface area contributed by atoms with Gasteiger partial charge in [-0.3, -0.25) is 9.78 Å². The van der Waals surface area contributed by atoms with Crippen LogP contribution in [0.1, 0.15) is 26.3 Å². The van der Waals surface area contributed by atoms with Crippen LogP contribution in [0.15, 0.2) is 67.0 Å². The average Bonchev–Trinajstić information content (AvgIpc) is 3.16. The largest absolute Gasteiger partial charge is 0.465 e. The van der Waals surface area contributed by atoms with Gasteiger partial charge in [0.2, 0.25) is 0 Å². The highest BCUT2D eigenvalue weighted by Crippen LogP contribution is 2.33. The molecule has 1 aromatic heterocycles. The highest BCUT2D eigenvalue weighted by atomic mass is 16.5. The van der Waals surface area contributed by atoms with Crippen LogP contribution in [0.25, 0.3) is 11.1 Å². The molecule has 0 bridgehead atoms. The molecular weight excluding hydrogens is 340 g/mol. The van der Waals surface area contributed by atoms with Crippen molar-refractivity contribution in [1.29, 1.82) is 0 Å². The third kappa shape index (κ3) is 3.08. The van der Waals surface area contributed by atoms with Gasteiger partial charge in [-0.15, -0.1) is 0 Å². The number of benzene rings is 2. The lowest BCUT2D eigenvalue weighted by molar-refractivity contribution is 0.0597. The van der Waals surface area contributed by atoms with Crippen molar-refractivity contribution < 1.29 is 14.3 Å². The highest BCUT2D eigenvalue weighted by Gasteiger charge is 2.28. The molecule has 5 nitrogen and oxygen atoms in total. The van der Waals surface area contributed by atoms with E-state index in [1.54, 1.807) is 41.6 Å². The number of ether oxygens (including phenoxy) is 1. The predicted octanol–water partition coefficient (Wildman–Crippen LogP) is 3.74. The standard InChI is InChI=1S/C22H18N2O3/c1-27-22(26)19-5-3-2-4-18(19)21(25)24-13-10-17-14-16(6-7-20(17)24)15-8-11-23-12-9-15/h2-9,11-12,14H,10,13H2,1H3. The van der Waals surface area contributed by atoms with Crippen LogP contribution in [0.2, 0.25) is 0 Å². The molecule has 3 aromatic rings. The number of hydrogen-bond donors (Lipinski definition) is 0. The second-order valence-electron chi connectivity index (χ2n) is 6.32. The first kappa shape index (κ1) is 17.0. The number of amides is 1. The van der Waals surface area contributed by atoms with Crippen molar-refractivity contribution in [2.75, 3.05) is 18.6 Å². The topological polar surface area (TPSA) is 59.5 Å². The van der Waals surface area contributed by atoms with Crippen LogP contribution >= 0.6 is 0 Å². The van der Waals surface area contributed by atoms with Crippen molar-refractivity contribution in [1.82, 2.24) is 4.98 Å². The summed E-state index contributed by atoms with van der Waals surface area (Å²) in [5.74, 6) is -0.696. The SMILES string of the molecule is COC(=O)c1ccccc1C(=O)N1CCc2cc(-c3ccncc3)ccc21. The number of methoxy groups -OCH3 is 1. The Balaban J connectivity index is 1.68. The van der Waals surface area contributed by atoms with Gasteiger partial charge in [-0.2, -0.15) is 0 Å². The number of nitrogens with zero attached hydrogens (tertiary/aromatic N) is 2. The van der Waals surface area contributed by atoms with Gasteiger partial charge in [-0.25, -0.2) is 4.79 Å². The minimum atomic E-state index is -0.508. The Morgan fingerprint density at radius 3 is 2.44 bits per heavy atom. The van der Waals surface area contributed by atoms with Crippen LogP contribution in [-0.2, 0) is 11.2 Å². The van der Waals surface area contributed by atoms with Crippen LogP contribution in [0.4, 0.5) is 5.69 Å². The Hall–Kier alpha value is -3.47. The average molecular weight is 358 g/mol. The zero-order chi connectivity index (χ0) is 18.8. The first-order valence-corrected chi connectivity index (χ1v) is 8.71. The quantitative estimate of drug-likeness (QED) is 0.669. The van der Waals surface area contributed by atoms with Gasteiger partial charge in [0.1, 0.15) is 0 Å². The molecule has 0 saturated carbocycles. The van der Waals surface area contributed by atoms with E-state index in [0.29, 0.717) is 12.1 Å². The van der Waals surface area contributed by atoms with Crippen molar-refractivity contribution in [3.05, 3.63) is 83.7 Å². The van der Waals surface area contributed by atoms with E-state index in [0.717, 1.165) is 28.8 Å². The van der Waals surface area contributed by atoms with E-state index in [1.807, 2.05) is 24.3 Å². The maximum atomic E-state index is 13.1. The molecule has 0 aliphatic carbocycles. The van der Waals surface area contributed by atoms with Crippen LogP contribution in [0.5, 0.6) is 0 Å². The summed E-state index contributed by atoms with van der Waals surface area (Å²) in [6.45, 7) is 0.587. The molecule has 0 radical (unpaired) electrons. The van der Waals surface area contributed by atoms with Crippen molar-refractivity contribution in [3.63, 3.8) is 0 Å². The maximum absolute atomic E-state index is 13.1. The van der Waals surface area contributed by atoms with Gasteiger partial charge in [-0.05, 0) is 59.5 Å². The summed E-state index contributed by atoms with van der Waals surface area (Å²) in [5, 5.41) is 0. The van der Waals surface area contributed by atoms with Gasteiger partial charge in [0, 0.05) is 24.6 Å². The Kier molecular flexibility index (Phi) is 4.42. The minimum Gasteiger partial charge on any atom is -0.465 e. The van der Waals surface area contributed by atoms with E-state index in [1.165, 1.54) is 7.11 Å². The molecule has 0 saturated heterocycles. The number of hydrogen-bond acceptors (Lipinski definition) is 4. The van der Waals surface area contributed by atoms with Gasteiger partial charge >= 0.3 is 5.97 Å². The molecule has 0 N–H and O–H groups in total. The maximum Gasteiger partial charge on any atom is 0.338 e. The van der Waals surface area contributed by atoms with Crippen molar-refractivity contribution in [3.8, 4) is 11.1 Å². The van der Waals surface area contributed by atoms with E-state index in [4.69, 9.17) is 4.74 Å². The molecule has 0 unspecified atom stereocenters. The zero-order valence-corrected chi connectivity index (χ0v) is 14.9. The Morgan fingerprint density at radius 2 is 1.70 bits per heavy atom. The zero-order valence-electron chi connectivity index (χ0n) is 14.9. The van der Waals surface area contributed by atoms with E-state index in [2.05, 4.69) is 11.1 Å². The molecule has 1 aliphatic rings. The number of carbonyl (C=O) groups is 2. The number of esters is 1. The second kappa shape index (κ2) is 7.03. The van der Waals surface area contributed by atoms with Crippen molar-refractivity contribution in [2.45, 2.75) is 6.42 Å². The Bertz CT molecular complexity index is 1020. The van der Waals surface area contributed by atoms with Gasteiger partial charge in [0.15, 0.2) is 0 Å². The number of aromatic nitrogens is 1. The van der Waals surface area contributed by atoms with Gasteiger partial charge in [-0.1, -0.05) is 18.2 Å². The Labute approximate surface area is 157 Å². The van der Waals surface area contributed by atoms with E-state index < -0.39 is 5.97 Å². The monoisotopic (exact) mass is 358 g/mol. The lowest BCUT2D eigenvalue weighted by Gasteiger charge is -2.19. The van der Waals surface area contributed by atoms with Crippen LogP contribution in [0.3, 0.4) is 0 Å². The molecule has 2 aromatic carbocycles.